The van der Waals surface area contributed by atoms with Gasteiger partial charge in [-0.25, -0.2) is 0 Å². The average molecular weight is 544 g/mol. The van der Waals surface area contributed by atoms with Gasteiger partial charge < -0.3 is 0 Å². The summed E-state index contributed by atoms with van der Waals surface area (Å²) in [4.78, 5) is 0.200. The van der Waals surface area contributed by atoms with Crippen LogP contribution in [0.5, 0.6) is 0 Å². The van der Waals surface area contributed by atoms with Crippen molar-refractivity contribution in [2.75, 3.05) is 0 Å². The summed E-state index contributed by atoms with van der Waals surface area (Å²) in [7, 11) is 21.3. The molecule has 0 aliphatic carbocycles. The van der Waals surface area contributed by atoms with Crippen LogP contribution >= 0.6 is 124 Å². The van der Waals surface area contributed by atoms with Crippen molar-refractivity contribution in [3.63, 3.8) is 0 Å². The molecule has 0 bridgehead atoms. The van der Waals surface area contributed by atoms with Gasteiger partial charge in [0.15, 0.2) is 0 Å². The Bertz CT molecular complexity index is 141. The van der Waals surface area contributed by atoms with E-state index in [2.05, 4.69) is 84.5 Å². The van der Waals surface area contributed by atoms with Gasteiger partial charge in [-0.05, 0) is 50.0 Å². The Morgan fingerprint density at radius 3 is 1.21 bits per heavy atom. The summed E-state index contributed by atoms with van der Waals surface area (Å²) < 4.78 is 0. The number of hydrogen-bond acceptors (Lipinski definition) is 0. The molecule has 0 aromatic rings. The van der Waals surface area contributed by atoms with Crippen LogP contribution in [0, 0.1) is 0 Å². The zero-order valence-electron chi connectivity index (χ0n) is 7.10. The number of hydrogen-bond donors (Lipinski definition) is 0. The third-order valence-electron chi connectivity index (χ3n) is 0.966. The van der Waals surface area contributed by atoms with Crippen molar-refractivity contribution in [3.8, 4) is 0 Å². The molecule has 0 aliphatic rings. The minimum atomic E-state index is 0.0992. The van der Waals surface area contributed by atoms with Gasteiger partial charge in [0, 0.05) is 11.9 Å². The third-order valence-corrected chi connectivity index (χ3v) is 92.8. The molecule has 0 aromatic carbocycles. The molecule has 0 saturated heterocycles. The molecule has 0 amide bonds. The highest BCUT2D eigenvalue weighted by molar-refractivity contribution is 14.2. The van der Waals surface area contributed by atoms with Gasteiger partial charge in [-0.1, -0.05) is 0 Å². The molecule has 0 heterocycles. The molecule has 0 nitrogen and oxygen atoms in total. The second-order valence-electron chi connectivity index (χ2n) is 1.97. The maximum Gasteiger partial charge on any atom is 0.0280 e. The van der Waals surface area contributed by atoms with Crippen molar-refractivity contribution in [1.29, 1.82) is 0 Å². The zero-order chi connectivity index (χ0) is 11.5. The van der Waals surface area contributed by atoms with Crippen LogP contribution in [-0.4, -0.2) is 0 Å². The van der Waals surface area contributed by atoms with Crippen molar-refractivity contribution >= 4 is 124 Å². The molecule has 9 unspecified atom stereocenters. The molecule has 0 N–H and O–H groups in total. The summed E-state index contributed by atoms with van der Waals surface area (Å²) in [6.07, 6.45) is 0. The van der Waals surface area contributed by atoms with E-state index >= 15 is 0 Å². The van der Waals surface area contributed by atoms with Crippen LogP contribution < -0.4 is 0 Å². The Labute approximate surface area is 123 Å². The minimum absolute atomic E-state index is 0.0992. The molecule has 14 heavy (non-hydrogen) atoms. The van der Waals surface area contributed by atoms with Gasteiger partial charge in [0.1, 0.15) is 0 Å². The van der Waals surface area contributed by atoms with E-state index < -0.39 is 0 Å². The number of rotatable bonds is 5. The molecule has 0 fully saturated rings. The van der Waals surface area contributed by atoms with Gasteiger partial charge in [-0.3, -0.25) is 0 Å². The van der Waals surface area contributed by atoms with Gasteiger partial charge in [-0.15, -0.1) is 62.5 Å². The summed E-state index contributed by atoms with van der Waals surface area (Å²) in [6.45, 7) is 0.682. The Balaban J connectivity index is 4.51. The van der Waals surface area contributed by atoms with E-state index in [-0.39, 0.29) is 39.9 Å². The van der Waals surface area contributed by atoms with Gasteiger partial charge in [0.25, 0.3) is 0 Å². The van der Waals surface area contributed by atoms with E-state index in [9.17, 15) is 0 Å². The molecule has 0 spiro atoms. The second kappa shape index (κ2) is 11.0. The highest BCUT2D eigenvalue weighted by Crippen LogP contribution is 3.19. The first kappa shape index (κ1) is 20.3. The largest absolute Gasteiger partial charge is 0.102 e. The summed E-state index contributed by atoms with van der Waals surface area (Å²) in [6, 6.07) is 0. The average Bonchev–Trinajstić information content (AvgIpc) is 2.01. The highest BCUT2D eigenvalue weighted by atomic mass is 127. The zero-order valence-corrected chi connectivity index (χ0v) is 22.7. The van der Waals surface area contributed by atoms with E-state index in [0.29, 0.717) is 0 Å². The van der Waals surface area contributed by atoms with E-state index in [0.717, 1.165) is 0 Å². The predicted molar refractivity (Wildman–Crippen MR) is 124 cm³/mol. The van der Waals surface area contributed by atoms with Crippen molar-refractivity contribution in [1.82, 2.24) is 0 Å². The van der Waals surface area contributed by atoms with Crippen LogP contribution in [-0.2, 0) is 0 Å². The molecular formula is H14IP13. The van der Waals surface area contributed by atoms with Crippen molar-refractivity contribution in [2.45, 2.75) is 0 Å². The lowest BCUT2D eigenvalue weighted by molar-refractivity contribution is 4.66. The fraction of sp³-hybridized carbons (Fsp3) is 0. The van der Waals surface area contributed by atoms with E-state index in [4.69, 9.17) is 0 Å². The molecule has 0 radical (unpaired) electrons. The Morgan fingerprint density at radius 1 is 0.643 bits per heavy atom. The summed E-state index contributed by atoms with van der Waals surface area (Å²) in [5, 5.41) is 0. The van der Waals surface area contributed by atoms with E-state index in [1.165, 1.54) is 0 Å². The first-order valence-electron chi connectivity index (χ1n) is 2.98. The highest BCUT2D eigenvalue weighted by Gasteiger charge is 2.31. The van der Waals surface area contributed by atoms with Crippen LogP contribution in [0.4, 0.5) is 0 Å². The molecular weight excluding hydrogens is 530 g/mol. The molecule has 0 aliphatic heterocycles. The molecule has 0 rings (SSSR count). The second-order valence-corrected chi connectivity index (χ2v) is 58.2. The van der Waals surface area contributed by atoms with Crippen LogP contribution in [0.25, 0.3) is 0 Å². The van der Waals surface area contributed by atoms with E-state index in [1.807, 2.05) is 0 Å². The summed E-state index contributed by atoms with van der Waals surface area (Å²) in [5.74, 6) is 0. The SMILES string of the molecule is PP(P)P(P)P(I)P(P(P)P)P(P)P. The lowest BCUT2D eigenvalue weighted by Gasteiger charge is -2.34. The topological polar surface area (TPSA) is 0 Å². The third kappa shape index (κ3) is 7.93. The molecule has 14 heteroatoms. The van der Waals surface area contributed by atoms with Crippen LogP contribution in [0.1, 0.15) is 0 Å². The lowest BCUT2D eigenvalue weighted by atomic mass is 28.7. The predicted octanol–water partition coefficient (Wildman–Crippen LogP) is 8.33. The van der Waals surface area contributed by atoms with E-state index in [1.54, 1.807) is 0 Å². The standard InChI is InChI=1S/H14IP13/c1-9(13(8)10(2)3)14(11(4)5)12(6)7/h2-8H2. The van der Waals surface area contributed by atoms with Gasteiger partial charge >= 0.3 is 0 Å². The molecule has 0 aromatic heterocycles. The minimum Gasteiger partial charge on any atom is -0.102 e. The maximum atomic E-state index is 3.12. The summed E-state index contributed by atoms with van der Waals surface area (Å²) in [5.41, 5.74) is 0. The lowest BCUT2D eigenvalue weighted by Crippen LogP contribution is -1.46. The number of halogens is 1. The summed E-state index contributed by atoms with van der Waals surface area (Å²) >= 11 is 2.75. The van der Waals surface area contributed by atoms with Crippen LogP contribution in [0.3, 0.4) is 0 Å². The first-order chi connectivity index (χ1) is 6.29. The van der Waals surface area contributed by atoms with Gasteiger partial charge in [0.2, 0.25) is 0 Å². The van der Waals surface area contributed by atoms with Crippen LogP contribution in [0.2, 0.25) is 0 Å². The molecule has 0 saturated carbocycles. The fourth-order valence-corrected chi connectivity index (χ4v) is 146. The van der Waals surface area contributed by atoms with Gasteiger partial charge in [0.05, 0.1) is 0 Å². The molecule has 9 atom stereocenters. The molecule has 86 valence electrons. The van der Waals surface area contributed by atoms with Crippen molar-refractivity contribution < 1.29 is 0 Å². The maximum absolute atomic E-state index is 3.12. The Kier molecular flexibility index (Phi) is 15.9. The smallest absolute Gasteiger partial charge is 0.0280 e. The monoisotopic (exact) mass is 544 g/mol. The Hall–Kier alpha value is 6.32. The van der Waals surface area contributed by atoms with Crippen molar-refractivity contribution in [2.24, 2.45) is 0 Å². The Morgan fingerprint density at radius 2 is 1.00 bits per heavy atom. The first-order valence-corrected chi connectivity index (χ1v) is 28.7. The van der Waals surface area contributed by atoms with Gasteiger partial charge in [-0.2, -0.15) is 0 Å². The fourth-order valence-electron chi connectivity index (χ4n) is 0.457. The van der Waals surface area contributed by atoms with Crippen LogP contribution in [0.15, 0.2) is 0 Å². The quantitative estimate of drug-likeness (QED) is 0.242. The normalized spacial score (nSPS) is 17.1. The van der Waals surface area contributed by atoms with Crippen molar-refractivity contribution in [3.05, 3.63) is 0 Å².